The maximum atomic E-state index is 12.8. The van der Waals surface area contributed by atoms with E-state index in [-0.39, 0.29) is 11.8 Å². The molecule has 9 heteroatoms. The number of rotatable bonds is 8. The molecular weight excluding hydrogens is 554 g/mol. The van der Waals surface area contributed by atoms with Crippen LogP contribution in [0.1, 0.15) is 22.8 Å². The van der Waals surface area contributed by atoms with Gasteiger partial charge in [-0.05, 0) is 72.6 Å². The van der Waals surface area contributed by atoms with E-state index >= 15 is 0 Å². The van der Waals surface area contributed by atoms with E-state index in [1.54, 1.807) is 61.4 Å². The summed E-state index contributed by atoms with van der Waals surface area (Å²) in [6.45, 7) is 3.32. The predicted molar refractivity (Wildman–Crippen MR) is 163 cm³/mol. The van der Waals surface area contributed by atoms with E-state index in [0.29, 0.717) is 44.6 Å². The van der Waals surface area contributed by atoms with E-state index in [1.807, 2.05) is 55.5 Å². The van der Waals surface area contributed by atoms with E-state index in [9.17, 15) is 9.59 Å². The van der Waals surface area contributed by atoms with E-state index in [1.165, 1.54) is 6.92 Å². The maximum Gasteiger partial charge on any atom is 0.309 e. The average Bonchev–Trinajstić information content (AvgIpc) is 3.35. The summed E-state index contributed by atoms with van der Waals surface area (Å²) >= 11 is 6.20. The normalized spacial score (nSPS) is 10.7. The van der Waals surface area contributed by atoms with Crippen molar-refractivity contribution in [2.45, 2.75) is 13.8 Å². The van der Waals surface area contributed by atoms with Gasteiger partial charge in [-0.2, -0.15) is 9.78 Å². The molecule has 42 heavy (non-hydrogen) atoms. The van der Waals surface area contributed by atoms with Gasteiger partial charge in [0.05, 0.1) is 36.1 Å². The summed E-state index contributed by atoms with van der Waals surface area (Å²) in [5, 5.41) is 8.17. The van der Waals surface area contributed by atoms with E-state index < -0.39 is 5.97 Å². The van der Waals surface area contributed by atoms with E-state index in [0.717, 1.165) is 16.8 Å². The number of amides is 1. The van der Waals surface area contributed by atoms with Crippen molar-refractivity contribution in [3.05, 3.63) is 107 Å². The van der Waals surface area contributed by atoms with Crippen molar-refractivity contribution in [3.8, 4) is 45.5 Å². The molecular formula is C33H28ClN3O5. The Bertz CT molecular complexity index is 1780. The lowest BCUT2D eigenvalue weighted by Gasteiger charge is -2.12. The van der Waals surface area contributed by atoms with Crippen LogP contribution in [0.2, 0.25) is 5.02 Å². The summed E-state index contributed by atoms with van der Waals surface area (Å²) in [5.74, 6) is 0.531. The Morgan fingerprint density at radius 3 is 2.21 bits per heavy atom. The van der Waals surface area contributed by atoms with Gasteiger partial charge in [0.2, 0.25) is 5.88 Å². The van der Waals surface area contributed by atoms with Crippen LogP contribution < -0.4 is 19.5 Å². The molecule has 5 aromatic rings. The first-order chi connectivity index (χ1) is 20.3. The van der Waals surface area contributed by atoms with Gasteiger partial charge in [-0.3, -0.25) is 9.59 Å². The molecule has 1 N–H and O–H groups in total. The highest BCUT2D eigenvalue weighted by Gasteiger charge is 2.25. The molecule has 0 atom stereocenters. The van der Waals surface area contributed by atoms with Crippen LogP contribution in [0.15, 0.2) is 91.0 Å². The minimum Gasteiger partial charge on any atom is -0.493 e. The molecule has 5 rings (SSSR count). The molecule has 212 valence electrons. The van der Waals surface area contributed by atoms with Gasteiger partial charge in [0.25, 0.3) is 5.91 Å². The van der Waals surface area contributed by atoms with Gasteiger partial charge in [0.1, 0.15) is 5.69 Å². The third kappa shape index (κ3) is 5.84. The van der Waals surface area contributed by atoms with Gasteiger partial charge in [0, 0.05) is 18.2 Å². The summed E-state index contributed by atoms with van der Waals surface area (Å²) in [6.07, 6.45) is 0. The number of carbonyl (C=O) groups excluding carboxylic acids is 2. The highest BCUT2D eigenvalue weighted by Crippen LogP contribution is 2.43. The van der Waals surface area contributed by atoms with Crippen LogP contribution in [-0.2, 0) is 4.79 Å². The lowest BCUT2D eigenvalue weighted by Crippen LogP contribution is -2.12. The molecule has 0 fully saturated rings. The van der Waals surface area contributed by atoms with Crippen molar-refractivity contribution >= 4 is 29.2 Å². The molecule has 0 spiro atoms. The fourth-order valence-electron chi connectivity index (χ4n) is 4.58. The van der Waals surface area contributed by atoms with Crippen LogP contribution in [0.25, 0.3) is 28.1 Å². The Kier molecular flexibility index (Phi) is 8.26. The number of aryl methyl sites for hydroxylation is 1. The number of esters is 1. The fourth-order valence-corrected chi connectivity index (χ4v) is 4.80. The number of anilines is 1. The molecule has 8 nitrogen and oxygen atoms in total. The molecule has 0 bridgehead atoms. The van der Waals surface area contributed by atoms with Crippen molar-refractivity contribution < 1.29 is 23.8 Å². The molecule has 0 aliphatic carbocycles. The molecule has 1 heterocycles. The number of aromatic nitrogens is 2. The third-order valence-corrected chi connectivity index (χ3v) is 6.87. The Labute approximate surface area is 248 Å². The van der Waals surface area contributed by atoms with Crippen molar-refractivity contribution in [2.24, 2.45) is 0 Å². The topological polar surface area (TPSA) is 91.7 Å². The molecule has 0 aliphatic heterocycles. The van der Waals surface area contributed by atoms with Gasteiger partial charge in [-0.1, -0.05) is 48.0 Å². The highest BCUT2D eigenvalue weighted by molar-refractivity contribution is 6.34. The number of hydrogen-bond donors (Lipinski definition) is 1. The number of methoxy groups -OCH3 is 2. The van der Waals surface area contributed by atoms with Crippen LogP contribution >= 0.6 is 11.6 Å². The first-order valence-electron chi connectivity index (χ1n) is 13.1. The van der Waals surface area contributed by atoms with E-state index in [2.05, 4.69) is 5.32 Å². The SMILES string of the molecule is COc1ccc(-c2nn(-c3cccc(C)c3)c(OC(C)=O)c2-c2ccc(NC(=O)c3ccccc3Cl)cc2)cc1OC. The van der Waals surface area contributed by atoms with E-state index in [4.69, 9.17) is 30.9 Å². The number of nitrogens with zero attached hydrogens (tertiary/aromatic N) is 2. The van der Waals surface area contributed by atoms with Gasteiger partial charge in [-0.15, -0.1) is 0 Å². The molecule has 1 amide bonds. The Hall–Kier alpha value is -5.08. The zero-order chi connectivity index (χ0) is 29.8. The zero-order valence-corrected chi connectivity index (χ0v) is 24.2. The van der Waals surface area contributed by atoms with Gasteiger partial charge >= 0.3 is 5.97 Å². The average molecular weight is 582 g/mol. The zero-order valence-electron chi connectivity index (χ0n) is 23.5. The smallest absolute Gasteiger partial charge is 0.309 e. The summed E-state index contributed by atoms with van der Waals surface area (Å²) in [5.41, 5.74) is 5.26. The van der Waals surface area contributed by atoms with Gasteiger partial charge in [-0.25, -0.2) is 0 Å². The fraction of sp³-hybridized carbons (Fsp3) is 0.121. The Morgan fingerprint density at radius 2 is 1.55 bits per heavy atom. The largest absolute Gasteiger partial charge is 0.493 e. The lowest BCUT2D eigenvalue weighted by molar-refractivity contribution is -0.132. The quantitative estimate of drug-likeness (QED) is 0.192. The lowest BCUT2D eigenvalue weighted by atomic mass is 10.0. The molecule has 0 saturated heterocycles. The number of nitrogens with one attached hydrogen (secondary N) is 1. The van der Waals surface area contributed by atoms with Crippen LogP contribution in [0, 0.1) is 6.92 Å². The van der Waals surface area contributed by atoms with Crippen LogP contribution in [-0.4, -0.2) is 35.9 Å². The number of ether oxygens (including phenoxy) is 3. The minimum atomic E-state index is -0.493. The second-order valence-electron chi connectivity index (χ2n) is 9.45. The predicted octanol–water partition coefficient (Wildman–Crippen LogP) is 7.36. The molecule has 0 saturated carbocycles. The van der Waals surface area contributed by atoms with Crippen LogP contribution in [0.3, 0.4) is 0 Å². The number of carbonyl (C=O) groups is 2. The van der Waals surface area contributed by atoms with Gasteiger partial charge in [0.15, 0.2) is 11.5 Å². The summed E-state index contributed by atoms with van der Waals surface area (Å²) in [7, 11) is 3.13. The number of hydrogen-bond acceptors (Lipinski definition) is 6. The first kappa shape index (κ1) is 28.4. The van der Waals surface area contributed by atoms with Gasteiger partial charge < -0.3 is 19.5 Å². The van der Waals surface area contributed by atoms with Crippen molar-refractivity contribution in [1.29, 1.82) is 0 Å². The summed E-state index contributed by atoms with van der Waals surface area (Å²) in [4.78, 5) is 25.2. The molecule has 0 radical (unpaired) electrons. The summed E-state index contributed by atoms with van der Waals surface area (Å²) < 4.78 is 18.4. The van der Waals surface area contributed by atoms with Crippen molar-refractivity contribution in [1.82, 2.24) is 9.78 Å². The first-order valence-corrected chi connectivity index (χ1v) is 13.4. The summed E-state index contributed by atoms with van der Waals surface area (Å²) in [6, 6.07) is 27.3. The number of halogens is 1. The Morgan fingerprint density at radius 1 is 0.833 bits per heavy atom. The maximum absolute atomic E-state index is 12.8. The van der Waals surface area contributed by atoms with Crippen LogP contribution in [0.4, 0.5) is 5.69 Å². The third-order valence-electron chi connectivity index (χ3n) is 6.54. The Balaban J connectivity index is 1.65. The molecule has 1 aromatic heterocycles. The van der Waals surface area contributed by atoms with Crippen molar-refractivity contribution in [2.75, 3.05) is 19.5 Å². The monoisotopic (exact) mass is 581 g/mol. The molecule has 0 unspecified atom stereocenters. The van der Waals surface area contributed by atoms with Crippen molar-refractivity contribution in [3.63, 3.8) is 0 Å². The standard InChI is InChI=1S/C33H28ClN3O5/c1-20-8-7-9-25(18-20)37-33(42-21(2)38)30(31(36-37)23-14-17-28(40-3)29(19-23)41-4)22-12-15-24(16-13-22)35-32(39)26-10-5-6-11-27(26)34/h5-19H,1-4H3,(H,35,39). The highest BCUT2D eigenvalue weighted by atomic mass is 35.5. The molecule has 0 aliphatic rings. The van der Waals surface area contributed by atoms with Crippen LogP contribution in [0.5, 0.6) is 17.4 Å². The second kappa shape index (κ2) is 12.2. The second-order valence-corrected chi connectivity index (χ2v) is 9.86. The minimum absolute atomic E-state index is 0.255. The number of benzene rings is 4. The molecule has 4 aromatic carbocycles.